The van der Waals surface area contributed by atoms with E-state index in [-0.39, 0.29) is 30.0 Å². The Kier molecular flexibility index (Phi) is 23.8. The minimum Gasteiger partial charge on any atom is -0.508 e. The number of aromatic hydroxyl groups is 1. The maximum absolute atomic E-state index is 14.8. The average molecular weight is 1340 g/mol. The van der Waals surface area contributed by atoms with E-state index in [1.54, 1.807) is 12.1 Å². The van der Waals surface area contributed by atoms with Gasteiger partial charge in [-0.1, -0.05) is 87.4 Å². The molecule has 3 heterocycles. The van der Waals surface area contributed by atoms with Gasteiger partial charge in [-0.05, 0) is 100 Å². The molecule has 4 aromatic rings. The molecule has 4 aromatic carbocycles. The third kappa shape index (κ3) is 17.5. The first-order valence-corrected chi connectivity index (χ1v) is 30.7. The van der Waals surface area contributed by atoms with Crippen LogP contribution in [0.2, 0.25) is 0 Å². The number of hydrogen-bond donors (Lipinski definition) is 14. The molecule has 478 valence electrons. The number of rotatable bonds is 18. The molecule has 0 aromatic heterocycles. The van der Waals surface area contributed by atoms with Gasteiger partial charge in [-0.2, -0.15) is 0 Å². The first kappa shape index (κ1) is 68.6. The van der Waals surface area contributed by atoms with Crippen LogP contribution in [0, 0.1) is 5.92 Å². The summed E-state index contributed by atoms with van der Waals surface area (Å²) in [5.74, 6) is -8.08. The van der Waals surface area contributed by atoms with E-state index >= 15 is 0 Å². The summed E-state index contributed by atoms with van der Waals surface area (Å²) in [6.07, 6.45) is -10.4. The summed E-state index contributed by atoms with van der Waals surface area (Å²) in [7, 11) is 5.64. The summed E-state index contributed by atoms with van der Waals surface area (Å²) >= 11 is 1.44. The summed E-state index contributed by atoms with van der Waals surface area (Å²) in [6, 6.07) is 15.5. The molecule has 25 nitrogen and oxygen atoms in total. The van der Waals surface area contributed by atoms with Gasteiger partial charge >= 0.3 is 0 Å². The number of nitrogens with one attached hydrogen (secondary N) is 6. The number of aliphatic hydroxyl groups is 7. The maximum atomic E-state index is 14.8. The van der Waals surface area contributed by atoms with Gasteiger partial charge in [0.15, 0.2) is 0 Å². The van der Waals surface area contributed by atoms with Gasteiger partial charge in [0.25, 0.3) is 5.91 Å². The molecule has 26 heteroatoms. The largest absolute Gasteiger partial charge is 0.508 e. The van der Waals surface area contributed by atoms with E-state index < -0.39 is 150 Å². The topological polar surface area (TPSA) is 369 Å². The van der Waals surface area contributed by atoms with E-state index in [0.717, 1.165) is 64.0 Å². The average Bonchev–Trinajstić information content (AvgIpc) is 2.08. The highest BCUT2D eigenvalue weighted by Gasteiger charge is 2.50. The number of nitrogens with zero attached hydrogens (tertiary/aromatic N) is 3. The molecule has 3 saturated heterocycles. The van der Waals surface area contributed by atoms with Gasteiger partial charge in [0.2, 0.25) is 35.4 Å². The van der Waals surface area contributed by atoms with Gasteiger partial charge < -0.3 is 86.5 Å². The maximum Gasteiger partial charge on any atom is 0.251 e. The van der Waals surface area contributed by atoms with E-state index in [9.17, 15) is 74.4 Å². The second-order valence-electron chi connectivity index (χ2n) is 23.9. The highest BCUT2D eigenvalue weighted by molar-refractivity contribution is 14.1. The standard InChI is InChI=1S/C62H82IN9O16/c1-7-8-9-28-88-43-24-20-38(21-25-43)36-12-10-35(11-13-36)37-14-16-40(17-15-37)56(81)65-44-30-46(76)55(64-26-27-72(4,5)6)69-60(85)50-51(77)33(2)31-71(50)61(86)47(34(3)73)66-59(84)48(53(79)52(78)39-18-22-41(74)23-19-39)67-58(83)45-29-42(75)32-70(45)62(87)49(54(63)80)68-57(44)82/h10-25,33-34,42,44-55,64,73,75-80H,7-9,26-32H2,1-6H3,(H5-,65,66,67,68,69,74,81,82,83,84,85)/p+1/t33-,34+,42+,44-,45-,46+,47-,48-,49-,50-,51-,52-,53-,54-,55?/m0/s1. The zero-order valence-corrected chi connectivity index (χ0v) is 52.2. The van der Waals surface area contributed by atoms with E-state index in [1.807, 2.05) is 69.7 Å². The van der Waals surface area contributed by atoms with Crippen molar-refractivity contribution in [1.29, 1.82) is 0 Å². The minimum absolute atomic E-state index is 0.0586. The fourth-order valence-corrected chi connectivity index (χ4v) is 11.3. The van der Waals surface area contributed by atoms with Crippen LogP contribution in [0.5, 0.6) is 11.5 Å². The Labute approximate surface area is 524 Å². The van der Waals surface area contributed by atoms with Crippen molar-refractivity contribution >= 4 is 63.9 Å². The summed E-state index contributed by atoms with van der Waals surface area (Å²) in [5.41, 5.74) is 3.52. The van der Waals surface area contributed by atoms with Gasteiger partial charge in [-0.15, -0.1) is 0 Å². The number of fused-ring (bicyclic) bond motifs is 2. The van der Waals surface area contributed by atoms with Crippen molar-refractivity contribution in [2.45, 2.75) is 136 Å². The van der Waals surface area contributed by atoms with E-state index in [4.69, 9.17) is 4.74 Å². The first-order chi connectivity index (χ1) is 41.6. The molecule has 1 unspecified atom stereocenters. The quantitative estimate of drug-likeness (QED) is 0.0264. The van der Waals surface area contributed by atoms with Crippen molar-refractivity contribution in [2.24, 2.45) is 5.92 Å². The minimum atomic E-state index is -2.28. The Morgan fingerprint density at radius 2 is 1.25 bits per heavy atom. The lowest BCUT2D eigenvalue weighted by Crippen LogP contribution is -2.64. The Morgan fingerprint density at radius 1 is 0.693 bits per heavy atom. The third-order valence-corrected chi connectivity index (χ3v) is 16.7. The lowest BCUT2D eigenvalue weighted by molar-refractivity contribution is -0.869. The predicted octanol–water partition coefficient (Wildman–Crippen LogP) is -0.251. The molecule has 0 aliphatic carbocycles. The number of ether oxygens (including phenoxy) is 1. The number of phenolic OH excluding ortho intramolecular Hbond substituents is 1. The number of amides is 7. The molecule has 3 aliphatic rings. The summed E-state index contributed by atoms with van der Waals surface area (Å²) in [4.78, 5) is 104. The molecule has 88 heavy (non-hydrogen) atoms. The van der Waals surface area contributed by atoms with Gasteiger partial charge in [-0.25, -0.2) is 0 Å². The number of halogens is 1. The fraction of sp³-hybridized carbons (Fsp3) is 0.500. The van der Waals surface area contributed by atoms with Crippen LogP contribution < -0.4 is 36.6 Å². The van der Waals surface area contributed by atoms with E-state index in [2.05, 4.69) is 38.8 Å². The number of benzene rings is 4. The zero-order valence-electron chi connectivity index (χ0n) is 50.0. The Bertz CT molecular complexity index is 3040. The van der Waals surface area contributed by atoms with Crippen LogP contribution in [-0.2, 0) is 28.8 Å². The normalized spacial score (nSPS) is 26.7. The second kappa shape index (κ2) is 30.6. The van der Waals surface area contributed by atoms with Crippen LogP contribution in [0.25, 0.3) is 22.3 Å². The van der Waals surface area contributed by atoms with Crippen molar-refractivity contribution in [1.82, 2.24) is 41.7 Å². The van der Waals surface area contributed by atoms with Crippen LogP contribution in [0.4, 0.5) is 0 Å². The molecule has 7 rings (SSSR count). The summed E-state index contributed by atoms with van der Waals surface area (Å²) < 4.78 is 4.49. The molecule has 7 amide bonds. The fourth-order valence-electron chi connectivity index (χ4n) is 10.8. The molecule has 0 saturated carbocycles. The number of hydrogen-bond acceptors (Lipinski definition) is 17. The lowest BCUT2D eigenvalue weighted by atomic mass is 9.96. The molecule has 15 atom stereocenters. The highest BCUT2D eigenvalue weighted by Crippen LogP contribution is 2.30. The molecule has 0 spiro atoms. The number of carbonyl (C=O) groups is 7. The van der Waals surface area contributed by atoms with Gasteiger partial charge in [0.1, 0.15) is 70.2 Å². The molecular formula is C62H83IN9O16+. The second-order valence-corrected chi connectivity index (χ2v) is 25.2. The Hall–Kier alpha value is -6.86. The van der Waals surface area contributed by atoms with E-state index in [0.29, 0.717) is 17.6 Å². The molecule has 3 aliphatic heterocycles. The van der Waals surface area contributed by atoms with Crippen molar-refractivity contribution in [3.8, 4) is 33.8 Å². The van der Waals surface area contributed by atoms with Crippen LogP contribution in [0.15, 0.2) is 97.1 Å². The Morgan fingerprint density at radius 3 is 1.82 bits per heavy atom. The van der Waals surface area contributed by atoms with Crippen molar-refractivity contribution in [3.05, 3.63) is 108 Å². The lowest BCUT2D eigenvalue weighted by Gasteiger charge is -2.34. The number of likely N-dealkylation sites (N-methyl/N-ethyl adjacent to an activating group) is 1. The Balaban J connectivity index is 1.23. The molecule has 0 radical (unpaired) electrons. The van der Waals surface area contributed by atoms with Gasteiger partial charge in [-0.3, -0.25) is 38.9 Å². The van der Waals surface area contributed by atoms with Gasteiger partial charge in [0, 0.05) is 44.0 Å². The number of alkyl halides is 1. The number of phenols is 1. The summed E-state index contributed by atoms with van der Waals surface area (Å²) in [6.45, 7) is 5.07. The number of unbranched alkanes of at least 4 members (excludes halogenated alkanes) is 2. The van der Waals surface area contributed by atoms with E-state index in [1.165, 1.54) is 65.9 Å². The summed E-state index contributed by atoms with van der Waals surface area (Å²) in [5, 5.41) is 106. The van der Waals surface area contributed by atoms with Gasteiger partial charge in [0.05, 0.1) is 58.7 Å². The zero-order chi connectivity index (χ0) is 64.3. The number of aliphatic hydroxyl groups excluding tert-OH is 7. The molecule has 14 N–H and O–H groups in total. The number of carbonyl (C=O) groups excluding carboxylic acids is 7. The van der Waals surface area contributed by atoms with Crippen molar-refractivity contribution in [3.63, 3.8) is 0 Å². The highest BCUT2D eigenvalue weighted by atomic mass is 127. The predicted molar refractivity (Wildman–Crippen MR) is 330 cm³/mol. The van der Waals surface area contributed by atoms with Crippen molar-refractivity contribution in [2.75, 3.05) is 53.9 Å². The van der Waals surface area contributed by atoms with Crippen LogP contribution in [0.1, 0.15) is 74.9 Å². The van der Waals surface area contributed by atoms with Crippen molar-refractivity contribution < 1.29 is 83.6 Å². The number of quaternary nitrogens is 1. The van der Waals surface area contributed by atoms with Crippen LogP contribution in [-0.4, -0.2) is 227 Å². The molecule has 0 bridgehead atoms. The van der Waals surface area contributed by atoms with Crippen LogP contribution in [0.3, 0.4) is 0 Å². The SMILES string of the molecule is CCCCCOc1ccc(-c2ccc(-c3ccc(C(=O)N[C@H]4C[C@@H](O)C(NCC[N+](C)(C)C)NC(=O)[C@@H]5[C@@H](O)[C@@H](C)CN5C(=O)[C@H]([C@@H](C)O)NC(=O)[C@H]([C@H](O)[C@@H](O)c5ccc(O)cc5)NC(=O)[C@@H]5C[C@@H](O)CN5C(=O)[C@H]([C@H](O)I)NC4=O)cc3)cc2)cc1. The first-order valence-electron chi connectivity index (χ1n) is 29.5. The van der Waals surface area contributed by atoms with Crippen LogP contribution >= 0.6 is 22.6 Å². The monoisotopic (exact) mass is 1340 g/mol. The molecular weight excluding hydrogens is 1250 g/mol. The molecule has 3 fully saturated rings. The third-order valence-electron chi connectivity index (χ3n) is 16.0. The smallest absolute Gasteiger partial charge is 0.251 e.